The Morgan fingerprint density at radius 2 is 2.27 bits per heavy atom. The van der Waals surface area contributed by atoms with Crippen LogP contribution in [-0.2, 0) is 4.79 Å². The van der Waals surface area contributed by atoms with Crippen molar-refractivity contribution in [2.75, 3.05) is 0 Å². The van der Waals surface area contributed by atoms with Crippen molar-refractivity contribution in [2.45, 2.75) is 36.6 Å². The van der Waals surface area contributed by atoms with Crippen LogP contribution in [0.3, 0.4) is 0 Å². The fourth-order valence-electron chi connectivity index (χ4n) is 1.40. The van der Waals surface area contributed by atoms with Crippen LogP contribution in [0.5, 0.6) is 0 Å². The lowest BCUT2D eigenvalue weighted by atomic mass is 9.82. The lowest BCUT2D eigenvalue weighted by molar-refractivity contribution is -0.144. The molecule has 0 radical (unpaired) electrons. The normalized spacial score (nSPS) is 38.5. The summed E-state index contributed by atoms with van der Waals surface area (Å²) >= 11 is 5.81. The van der Waals surface area contributed by atoms with Gasteiger partial charge in [-0.2, -0.15) is 0 Å². The third-order valence-corrected chi connectivity index (χ3v) is 2.86. The van der Waals surface area contributed by atoms with Gasteiger partial charge in [-0.25, -0.2) is 0 Å². The van der Waals surface area contributed by atoms with Crippen LogP contribution in [0.4, 0.5) is 0 Å². The lowest BCUT2D eigenvalue weighted by Gasteiger charge is -2.33. The Bertz CT molecular complexity index is 174. The van der Waals surface area contributed by atoms with Crippen molar-refractivity contribution in [3.63, 3.8) is 0 Å². The number of halogens is 1. The quantitative estimate of drug-likeness (QED) is 0.587. The molecule has 0 heterocycles. The second kappa shape index (κ2) is 2.99. The standard InChI is InChI=1S/C7H12ClNO2/c8-5-3-1-2-4-7(5,9)6(10)11/h5H,1-4,9H2,(H,10,11). The number of rotatable bonds is 1. The van der Waals surface area contributed by atoms with Crippen molar-refractivity contribution in [3.05, 3.63) is 0 Å². The Morgan fingerprint density at radius 3 is 2.64 bits per heavy atom. The first-order valence-electron chi connectivity index (χ1n) is 3.74. The summed E-state index contributed by atoms with van der Waals surface area (Å²) in [6.07, 6.45) is 3.06. The van der Waals surface area contributed by atoms with E-state index in [4.69, 9.17) is 22.4 Å². The molecule has 0 saturated heterocycles. The summed E-state index contributed by atoms with van der Waals surface area (Å²) in [5.41, 5.74) is 4.43. The van der Waals surface area contributed by atoms with Crippen LogP contribution in [0.25, 0.3) is 0 Å². The van der Waals surface area contributed by atoms with Gasteiger partial charge in [0, 0.05) is 0 Å². The van der Waals surface area contributed by atoms with E-state index in [2.05, 4.69) is 0 Å². The van der Waals surface area contributed by atoms with Crippen LogP contribution >= 0.6 is 11.6 Å². The zero-order chi connectivity index (χ0) is 8.48. The minimum absolute atomic E-state index is 0.409. The van der Waals surface area contributed by atoms with Crippen molar-refractivity contribution >= 4 is 17.6 Å². The molecule has 1 aliphatic carbocycles. The van der Waals surface area contributed by atoms with Gasteiger partial charge in [-0.1, -0.05) is 12.8 Å². The van der Waals surface area contributed by atoms with E-state index in [0.717, 1.165) is 12.8 Å². The molecule has 0 aromatic rings. The topological polar surface area (TPSA) is 63.3 Å². The molecule has 1 aliphatic rings. The molecule has 0 aliphatic heterocycles. The van der Waals surface area contributed by atoms with Crippen molar-refractivity contribution in [3.8, 4) is 0 Å². The van der Waals surface area contributed by atoms with Crippen LogP contribution in [0, 0.1) is 0 Å². The predicted octanol–water partition coefficient (Wildman–Crippen LogP) is 0.950. The van der Waals surface area contributed by atoms with Gasteiger partial charge in [-0.3, -0.25) is 4.79 Å². The maximum atomic E-state index is 10.7. The van der Waals surface area contributed by atoms with Gasteiger partial charge in [0.25, 0.3) is 0 Å². The molecule has 3 nitrogen and oxygen atoms in total. The van der Waals surface area contributed by atoms with E-state index in [1.165, 1.54) is 0 Å². The molecule has 1 saturated carbocycles. The van der Waals surface area contributed by atoms with Gasteiger partial charge in [-0.05, 0) is 12.8 Å². The number of carboxylic acids is 1. The zero-order valence-electron chi connectivity index (χ0n) is 6.22. The second-order valence-corrected chi connectivity index (χ2v) is 3.59. The molecule has 0 bridgehead atoms. The smallest absolute Gasteiger partial charge is 0.325 e. The fourth-order valence-corrected chi connectivity index (χ4v) is 1.75. The average molecular weight is 178 g/mol. The highest BCUT2D eigenvalue weighted by Crippen LogP contribution is 2.30. The highest BCUT2D eigenvalue weighted by Gasteiger charge is 2.42. The third kappa shape index (κ3) is 1.49. The number of hydrogen-bond donors (Lipinski definition) is 2. The fraction of sp³-hybridized carbons (Fsp3) is 0.857. The summed E-state index contributed by atoms with van der Waals surface area (Å²) in [4.78, 5) is 10.7. The van der Waals surface area contributed by atoms with Crippen LogP contribution in [-0.4, -0.2) is 22.0 Å². The monoisotopic (exact) mass is 177 g/mol. The van der Waals surface area contributed by atoms with E-state index in [1.54, 1.807) is 0 Å². The van der Waals surface area contributed by atoms with Crippen molar-refractivity contribution in [2.24, 2.45) is 5.73 Å². The minimum Gasteiger partial charge on any atom is -0.480 e. The van der Waals surface area contributed by atoms with Crippen LogP contribution in [0.2, 0.25) is 0 Å². The van der Waals surface area contributed by atoms with E-state index in [-0.39, 0.29) is 0 Å². The van der Waals surface area contributed by atoms with E-state index in [1.807, 2.05) is 0 Å². The Morgan fingerprint density at radius 1 is 1.64 bits per heavy atom. The van der Waals surface area contributed by atoms with E-state index < -0.39 is 16.9 Å². The van der Waals surface area contributed by atoms with Gasteiger partial charge in [0.1, 0.15) is 5.54 Å². The summed E-state index contributed by atoms with van der Waals surface area (Å²) in [5.74, 6) is -0.975. The van der Waals surface area contributed by atoms with Crippen molar-refractivity contribution in [1.29, 1.82) is 0 Å². The molecule has 3 N–H and O–H groups in total. The van der Waals surface area contributed by atoms with Crippen molar-refractivity contribution in [1.82, 2.24) is 0 Å². The first-order valence-corrected chi connectivity index (χ1v) is 4.17. The molecule has 0 amide bonds. The lowest BCUT2D eigenvalue weighted by Crippen LogP contribution is -2.56. The number of alkyl halides is 1. The van der Waals surface area contributed by atoms with E-state index in [0.29, 0.717) is 12.8 Å². The number of nitrogens with two attached hydrogens (primary N) is 1. The molecule has 64 valence electrons. The van der Waals surface area contributed by atoms with Gasteiger partial charge in [0.05, 0.1) is 5.38 Å². The largest absolute Gasteiger partial charge is 0.480 e. The molecule has 2 atom stereocenters. The van der Waals surface area contributed by atoms with Crippen LogP contribution < -0.4 is 5.73 Å². The number of carboxylic acid groups (broad SMARTS) is 1. The Balaban J connectivity index is 2.72. The predicted molar refractivity (Wildman–Crippen MR) is 42.7 cm³/mol. The van der Waals surface area contributed by atoms with Crippen molar-refractivity contribution < 1.29 is 9.90 Å². The highest BCUT2D eigenvalue weighted by molar-refractivity contribution is 6.23. The zero-order valence-corrected chi connectivity index (χ0v) is 6.97. The molecule has 2 unspecified atom stereocenters. The molecule has 0 aromatic carbocycles. The summed E-state index contributed by atoms with van der Waals surface area (Å²) in [6.45, 7) is 0. The van der Waals surface area contributed by atoms with E-state index in [9.17, 15) is 4.79 Å². The first kappa shape index (κ1) is 8.81. The maximum absolute atomic E-state index is 10.7. The summed E-state index contributed by atoms with van der Waals surface area (Å²) in [5, 5.41) is 8.35. The Hall–Kier alpha value is -0.280. The SMILES string of the molecule is NC1(C(=O)O)CCCCC1Cl. The molecular formula is C7H12ClNO2. The Labute approximate surface area is 70.5 Å². The highest BCUT2D eigenvalue weighted by atomic mass is 35.5. The first-order chi connectivity index (χ1) is 5.07. The molecule has 0 aromatic heterocycles. The molecule has 11 heavy (non-hydrogen) atoms. The second-order valence-electron chi connectivity index (χ2n) is 3.06. The van der Waals surface area contributed by atoms with Gasteiger partial charge in [0.15, 0.2) is 0 Å². The maximum Gasteiger partial charge on any atom is 0.325 e. The van der Waals surface area contributed by atoms with Crippen LogP contribution in [0.1, 0.15) is 25.7 Å². The van der Waals surface area contributed by atoms with Gasteiger partial charge >= 0.3 is 5.97 Å². The molecule has 1 rings (SSSR count). The van der Waals surface area contributed by atoms with Gasteiger partial charge in [-0.15, -0.1) is 11.6 Å². The molecule has 0 spiro atoms. The summed E-state index contributed by atoms with van der Waals surface area (Å²) < 4.78 is 0. The van der Waals surface area contributed by atoms with Gasteiger partial charge in [0.2, 0.25) is 0 Å². The third-order valence-electron chi connectivity index (χ3n) is 2.26. The summed E-state index contributed by atoms with van der Waals surface area (Å²) in [7, 11) is 0. The number of aliphatic carboxylic acids is 1. The molecule has 4 heteroatoms. The van der Waals surface area contributed by atoms with Crippen LogP contribution in [0.15, 0.2) is 0 Å². The number of carbonyl (C=O) groups is 1. The molecule has 1 fully saturated rings. The minimum atomic E-state index is -1.18. The van der Waals surface area contributed by atoms with E-state index >= 15 is 0 Å². The van der Waals surface area contributed by atoms with Gasteiger partial charge < -0.3 is 10.8 Å². The summed E-state index contributed by atoms with van der Waals surface area (Å²) in [6, 6.07) is 0. The Kier molecular flexibility index (Phi) is 2.40. The number of hydrogen-bond acceptors (Lipinski definition) is 2. The average Bonchev–Trinajstić information content (AvgIpc) is 1.95. The molecular weight excluding hydrogens is 166 g/mol.